The number of anilines is 1. The van der Waals surface area contributed by atoms with Gasteiger partial charge >= 0.3 is 0 Å². The van der Waals surface area contributed by atoms with Crippen molar-refractivity contribution in [1.82, 2.24) is 9.80 Å². The Morgan fingerprint density at radius 2 is 2.10 bits per heavy atom. The van der Waals surface area contributed by atoms with Gasteiger partial charge in [0.15, 0.2) is 11.6 Å². The Labute approximate surface area is 187 Å². The van der Waals surface area contributed by atoms with Crippen LogP contribution in [0.25, 0.3) is 0 Å². The average molecular weight is 448 g/mol. The molecule has 0 radical (unpaired) electrons. The molecule has 1 fully saturated rings. The number of carbonyl (C=O) groups is 1. The highest BCUT2D eigenvalue weighted by atomic mass is 32.2. The van der Waals surface area contributed by atoms with Gasteiger partial charge in [-0.1, -0.05) is 18.2 Å². The van der Waals surface area contributed by atoms with Crippen molar-refractivity contribution in [2.75, 3.05) is 50.9 Å². The van der Waals surface area contributed by atoms with E-state index in [1.807, 2.05) is 30.5 Å². The molecule has 0 unspecified atom stereocenters. The normalized spacial score (nSPS) is 18.5. The van der Waals surface area contributed by atoms with Crippen LogP contribution in [0, 0.1) is 5.82 Å². The van der Waals surface area contributed by atoms with Crippen LogP contribution in [0.5, 0.6) is 5.75 Å². The Bertz CT molecular complexity index is 869. The first-order valence-corrected chi connectivity index (χ1v) is 11.6. The van der Waals surface area contributed by atoms with Gasteiger partial charge in [-0.05, 0) is 43.5 Å². The number of ether oxygens (including phenoxy) is 1. The molecule has 2 aromatic rings. The van der Waals surface area contributed by atoms with Crippen LogP contribution < -0.4 is 10.1 Å². The Morgan fingerprint density at radius 3 is 2.84 bits per heavy atom. The molecule has 168 valence electrons. The molecule has 1 heterocycles. The molecule has 1 aliphatic rings. The lowest BCUT2D eigenvalue weighted by Crippen LogP contribution is -2.55. The van der Waals surface area contributed by atoms with Crippen LogP contribution in [0.3, 0.4) is 0 Å². The lowest BCUT2D eigenvalue weighted by Gasteiger charge is -2.40. The number of rotatable bonds is 9. The maximum absolute atomic E-state index is 13.6. The maximum atomic E-state index is 13.6. The van der Waals surface area contributed by atoms with Gasteiger partial charge in [0.25, 0.3) is 0 Å². The van der Waals surface area contributed by atoms with E-state index in [1.165, 1.54) is 6.07 Å². The van der Waals surface area contributed by atoms with Crippen LogP contribution >= 0.6 is 11.8 Å². The Morgan fingerprint density at radius 1 is 1.29 bits per heavy atom. The van der Waals surface area contributed by atoms with Crippen LogP contribution in [0.2, 0.25) is 0 Å². The minimum atomic E-state index is -0.722. The molecule has 1 amide bonds. The van der Waals surface area contributed by atoms with E-state index in [4.69, 9.17) is 4.74 Å². The van der Waals surface area contributed by atoms with E-state index < -0.39 is 11.9 Å². The minimum Gasteiger partial charge on any atom is -0.488 e. The van der Waals surface area contributed by atoms with Gasteiger partial charge in [-0.2, -0.15) is 0 Å². The van der Waals surface area contributed by atoms with Gasteiger partial charge < -0.3 is 15.2 Å². The van der Waals surface area contributed by atoms with Crippen molar-refractivity contribution in [3.8, 4) is 5.75 Å². The molecule has 0 aliphatic carbocycles. The van der Waals surface area contributed by atoms with Gasteiger partial charge in [0, 0.05) is 42.8 Å². The van der Waals surface area contributed by atoms with E-state index in [1.54, 1.807) is 30.0 Å². The summed E-state index contributed by atoms with van der Waals surface area (Å²) >= 11 is 1.64. The summed E-state index contributed by atoms with van der Waals surface area (Å²) in [4.78, 5) is 17.8. The zero-order valence-electron chi connectivity index (χ0n) is 18.0. The number of piperazine rings is 1. The van der Waals surface area contributed by atoms with E-state index in [9.17, 15) is 14.3 Å². The zero-order valence-corrected chi connectivity index (χ0v) is 18.8. The van der Waals surface area contributed by atoms with Crippen molar-refractivity contribution in [1.29, 1.82) is 0 Å². The summed E-state index contributed by atoms with van der Waals surface area (Å²) in [7, 11) is 0. The number of para-hydroxylation sites is 1. The summed E-state index contributed by atoms with van der Waals surface area (Å²) in [5.74, 6) is -0.319. The molecule has 31 heavy (non-hydrogen) atoms. The van der Waals surface area contributed by atoms with Crippen LogP contribution in [0.1, 0.15) is 6.92 Å². The Kier molecular flexibility index (Phi) is 8.71. The lowest BCUT2D eigenvalue weighted by atomic mass is 10.1. The number of benzene rings is 2. The molecule has 2 N–H and O–H groups in total. The largest absolute Gasteiger partial charge is 0.488 e. The second kappa shape index (κ2) is 11.5. The summed E-state index contributed by atoms with van der Waals surface area (Å²) in [6, 6.07) is 14.2. The van der Waals surface area contributed by atoms with Gasteiger partial charge in [-0.25, -0.2) is 4.39 Å². The molecule has 0 saturated carbocycles. The number of hydrogen-bond donors (Lipinski definition) is 2. The number of thioether (sulfide) groups is 1. The van der Waals surface area contributed by atoms with E-state index in [0.29, 0.717) is 13.1 Å². The molecule has 6 nitrogen and oxygen atoms in total. The predicted octanol–water partition coefficient (Wildman–Crippen LogP) is 2.93. The van der Waals surface area contributed by atoms with Gasteiger partial charge in [0.2, 0.25) is 5.91 Å². The molecule has 3 rings (SSSR count). The monoisotopic (exact) mass is 447 g/mol. The third kappa shape index (κ3) is 7.21. The first-order valence-electron chi connectivity index (χ1n) is 10.4. The number of hydrogen-bond acceptors (Lipinski definition) is 6. The van der Waals surface area contributed by atoms with Crippen LogP contribution in [-0.2, 0) is 4.79 Å². The zero-order chi connectivity index (χ0) is 22.2. The average Bonchev–Trinajstić information content (AvgIpc) is 2.75. The first-order chi connectivity index (χ1) is 14.9. The third-order valence-electron chi connectivity index (χ3n) is 5.28. The fraction of sp³-hybridized carbons (Fsp3) is 0.435. The van der Waals surface area contributed by atoms with Crippen molar-refractivity contribution in [3.63, 3.8) is 0 Å². The number of halogens is 1. The maximum Gasteiger partial charge on any atom is 0.238 e. The second-order valence-electron chi connectivity index (χ2n) is 7.75. The summed E-state index contributed by atoms with van der Waals surface area (Å²) in [6.45, 7) is 5.11. The molecule has 0 bridgehead atoms. The molecule has 8 heteroatoms. The predicted molar refractivity (Wildman–Crippen MR) is 122 cm³/mol. The number of β-amino-alcohol motifs (C(OH)–C–C–N with tert-alkyl or cyclic N) is 1. The van der Waals surface area contributed by atoms with Gasteiger partial charge in [-0.3, -0.25) is 14.6 Å². The highest BCUT2D eigenvalue weighted by Gasteiger charge is 2.26. The summed E-state index contributed by atoms with van der Waals surface area (Å²) in [6.07, 6.45) is 1.28. The van der Waals surface area contributed by atoms with Crippen molar-refractivity contribution in [3.05, 3.63) is 54.3 Å². The number of carbonyl (C=O) groups excluding carboxylic acids is 1. The SMILES string of the molecule is CSc1cccc(NC(=O)CN2CCN(C[C@H](O)COc3ccccc3F)[C@@H](C)C2)c1. The third-order valence-corrected chi connectivity index (χ3v) is 6.01. The quantitative estimate of drug-likeness (QED) is 0.577. The summed E-state index contributed by atoms with van der Waals surface area (Å²) in [5, 5.41) is 13.3. The molecule has 2 atom stereocenters. The van der Waals surface area contributed by atoms with Crippen molar-refractivity contribution < 1.29 is 19.0 Å². The minimum absolute atomic E-state index is 0.0303. The smallest absolute Gasteiger partial charge is 0.238 e. The fourth-order valence-electron chi connectivity index (χ4n) is 3.66. The van der Waals surface area contributed by atoms with Crippen molar-refractivity contribution >= 4 is 23.4 Å². The Balaban J connectivity index is 1.41. The van der Waals surface area contributed by atoms with Gasteiger partial charge in [0.1, 0.15) is 12.7 Å². The number of aliphatic hydroxyl groups is 1. The second-order valence-corrected chi connectivity index (χ2v) is 8.63. The van der Waals surface area contributed by atoms with Crippen LogP contribution in [0.15, 0.2) is 53.4 Å². The fourth-order valence-corrected chi connectivity index (χ4v) is 4.12. The molecular weight excluding hydrogens is 417 g/mol. The molecule has 2 aromatic carbocycles. The Hall–Kier alpha value is -2.13. The summed E-state index contributed by atoms with van der Waals surface area (Å²) < 4.78 is 19.0. The van der Waals surface area contributed by atoms with Gasteiger partial charge in [0.05, 0.1) is 6.54 Å². The number of nitrogens with zero attached hydrogens (tertiary/aromatic N) is 2. The summed E-state index contributed by atoms with van der Waals surface area (Å²) in [5.41, 5.74) is 0.807. The molecule has 1 saturated heterocycles. The number of aliphatic hydroxyl groups excluding tert-OH is 1. The highest BCUT2D eigenvalue weighted by molar-refractivity contribution is 7.98. The lowest BCUT2D eigenvalue weighted by molar-refractivity contribution is -0.118. The number of nitrogens with one attached hydrogen (secondary N) is 1. The van der Waals surface area contributed by atoms with Crippen LogP contribution in [-0.4, -0.2) is 78.5 Å². The van der Waals surface area contributed by atoms with E-state index >= 15 is 0 Å². The number of amides is 1. The standard InChI is InChI=1S/C23H30FN3O3S/c1-17-13-26(15-23(29)25-18-6-5-7-20(12-18)31-2)10-11-27(17)14-19(28)16-30-22-9-4-3-8-21(22)24/h3-9,12,17,19,28H,10-11,13-16H2,1-2H3,(H,25,29)/t17-,19-/m0/s1. The highest BCUT2D eigenvalue weighted by Crippen LogP contribution is 2.19. The topological polar surface area (TPSA) is 65.0 Å². The van der Waals surface area contributed by atoms with Crippen molar-refractivity contribution in [2.45, 2.75) is 24.0 Å². The molecule has 0 spiro atoms. The van der Waals surface area contributed by atoms with E-state index in [2.05, 4.69) is 22.0 Å². The van der Waals surface area contributed by atoms with Gasteiger partial charge in [-0.15, -0.1) is 11.8 Å². The van der Waals surface area contributed by atoms with Crippen molar-refractivity contribution in [2.24, 2.45) is 0 Å². The molecular formula is C23H30FN3O3S. The molecule has 1 aliphatic heterocycles. The van der Waals surface area contributed by atoms with E-state index in [0.717, 1.165) is 30.2 Å². The molecule has 0 aromatic heterocycles. The first kappa shape index (κ1) is 23.5. The van der Waals surface area contributed by atoms with E-state index in [-0.39, 0.29) is 24.3 Å². The van der Waals surface area contributed by atoms with Crippen LogP contribution in [0.4, 0.5) is 10.1 Å².